The molecule has 1 fully saturated rings. The van der Waals surface area contributed by atoms with E-state index < -0.39 is 0 Å². The predicted octanol–water partition coefficient (Wildman–Crippen LogP) is 3.13. The fourth-order valence-corrected chi connectivity index (χ4v) is 2.36. The number of hydrogen-bond acceptors (Lipinski definition) is 2. The maximum Gasteiger partial charge on any atom is 0.150 e. The molecular weight excluding hydrogens is 198 g/mol. The predicted molar refractivity (Wildman–Crippen MR) is 67.1 cm³/mol. The number of carbonyl (C=O) groups excluding carboxylic acids is 1. The van der Waals surface area contributed by atoms with Gasteiger partial charge in [0, 0.05) is 24.3 Å². The summed E-state index contributed by atoms with van der Waals surface area (Å²) in [5.41, 5.74) is 2.01. The zero-order chi connectivity index (χ0) is 11.4. The van der Waals surface area contributed by atoms with E-state index in [2.05, 4.69) is 24.0 Å². The number of nitrogens with zero attached hydrogens (tertiary/aromatic N) is 1. The van der Waals surface area contributed by atoms with Gasteiger partial charge in [-0.2, -0.15) is 0 Å². The largest absolute Gasteiger partial charge is 0.372 e. The van der Waals surface area contributed by atoms with Gasteiger partial charge < -0.3 is 4.90 Å². The van der Waals surface area contributed by atoms with E-state index in [-0.39, 0.29) is 0 Å². The minimum absolute atomic E-state index is 0.757. The molecule has 16 heavy (non-hydrogen) atoms. The number of aldehydes is 1. The Morgan fingerprint density at radius 2 is 1.88 bits per heavy atom. The first-order valence-corrected chi connectivity index (χ1v) is 6.13. The normalized spacial score (nSPS) is 17.4. The molecule has 2 heteroatoms. The van der Waals surface area contributed by atoms with Gasteiger partial charge in [-0.3, -0.25) is 4.79 Å². The Bertz CT molecular complexity index is 336. The highest BCUT2D eigenvalue weighted by atomic mass is 16.1. The van der Waals surface area contributed by atoms with E-state index in [1.54, 1.807) is 0 Å². The van der Waals surface area contributed by atoms with Crippen LogP contribution in [0.1, 0.15) is 36.5 Å². The molecule has 2 rings (SSSR count). The third kappa shape index (κ3) is 2.43. The second-order valence-corrected chi connectivity index (χ2v) is 4.55. The lowest BCUT2D eigenvalue weighted by molar-refractivity contribution is 0.112. The molecule has 86 valence electrons. The van der Waals surface area contributed by atoms with E-state index in [1.807, 2.05) is 12.1 Å². The second kappa shape index (κ2) is 5.15. The van der Waals surface area contributed by atoms with Gasteiger partial charge in [-0.25, -0.2) is 0 Å². The quantitative estimate of drug-likeness (QED) is 0.725. The van der Waals surface area contributed by atoms with E-state index in [9.17, 15) is 4.79 Å². The lowest BCUT2D eigenvalue weighted by Gasteiger charge is -2.33. The third-order valence-corrected chi connectivity index (χ3v) is 3.59. The van der Waals surface area contributed by atoms with Gasteiger partial charge in [0.25, 0.3) is 0 Å². The molecule has 1 aliphatic heterocycles. The Kier molecular flexibility index (Phi) is 3.60. The standard InChI is InChI=1S/C14H19NO/c1-2-12-7-9-15(10-8-12)14-5-3-13(11-16)4-6-14/h3-6,11-12H,2,7-10H2,1H3. The number of anilines is 1. The van der Waals surface area contributed by atoms with Crippen LogP contribution in [0.15, 0.2) is 24.3 Å². The zero-order valence-corrected chi connectivity index (χ0v) is 9.86. The molecule has 0 atom stereocenters. The van der Waals surface area contributed by atoms with Crippen LogP contribution in [-0.2, 0) is 0 Å². The van der Waals surface area contributed by atoms with E-state index in [4.69, 9.17) is 0 Å². The minimum atomic E-state index is 0.757. The third-order valence-electron chi connectivity index (χ3n) is 3.59. The number of rotatable bonds is 3. The van der Waals surface area contributed by atoms with Crippen molar-refractivity contribution in [1.29, 1.82) is 0 Å². The van der Waals surface area contributed by atoms with Crippen molar-refractivity contribution in [3.63, 3.8) is 0 Å². The second-order valence-electron chi connectivity index (χ2n) is 4.55. The summed E-state index contributed by atoms with van der Waals surface area (Å²) < 4.78 is 0. The average molecular weight is 217 g/mol. The van der Waals surface area contributed by atoms with E-state index in [1.165, 1.54) is 24.9 Å². The number of piperidine rings is 1. The molecule has 1 aromatic carbocycles. The van der Waals surface area contributed by atoms with Crippen molar-refractivity contribution >= 4 is 12.0 Å². The SMILES string of the molecule is CCC1CCN(c2ccc(C=O)cc2)CC1. The van der Waals surface area contributed by atoms with Crippen molar-refractivity contribution in [2.45, 2.75) is 26.2 Å². The molecule has 0 spiro atoms. The maximum atomic E-state index is 10.6. The van der Waals surface area contributed by atoms with Crippen molar-refractivity contribution in [3.8, 4) is 0 Å². The van der Waals surface area contributed by atoms with Gasteiger partial charge in [0.15, 0.2) is 0 Å². The van der Waals surface area contributed by atoms with E-state index in [0.717, 1.165) is 30.9 Å². The summed E-state index contributed by atoms with van der Waals surface area (Å²) in [5, 5.41) is 0. The molecule has 1 aliphatic rings. The monoisotopic (exact) mass is 217 g/mol. The first-order valence-electron chi connectivity index (χ1n) is 6.13. The lowest BCUT2D eigenvalue weighted by atomic mass is 9.94. The van der Waals surface area contributed by atoms with Crippen LogP contribution in [0.25, 0.3) is 0 Å². The topological polar surface area (TPSA) is 20.3 Å². The molecule has 0 N–H and O–H groups in total. The molecule has 0 radical (unpaired) electrons. The molecule has 0 bridgehead atoms. The van der Waals surface area contributed by atoms with Crippen LogP contribution >= 0.6 is 0 Å². The summed E-state index contributed by atoms with van der Waals surface area (Å²) in [4.78, 5) is 13.0. The number of hydrogen-bond donors (Lipinski definition) is 0. The summed E-state index contributed by atoms with van der Waals surface area (Å²) in [6.45, 7) is 4.58. The molecule has 0 amide bonds. The molecule has 0 aliphatic carbocycles. The highest BCUT2D eigenvalue weighted by molar-refractivity contribution is 5.75. The van der Waals surface area contributed by atoms with Crippen LogP contribution in [0.3, 0.4) is 0 Å². The Labute approximate surface area is 97.3 Å². The average Bonchev–Trinajstić information content (AvgIpc) is 2.39. The van der Waals surface area contributed by atoms with Gasteiger partial charge >= 0.3 is 0 Å². The van der Waals surface area contributed by atoms with Crippen LogP contribution < -0.4 is 4.90 Å². The van der Waals surface area contributed by atoms with Crippen LogP contribution in [0.2, 0.25) is 0 Å². The van der Waals surface area contributed by atoms with Gasteiger partial charge in [0.1, 0.15) is 6.29 Å². The summed E-state index contributed by atoms with van der Waals surface area (Å²) >= 11 is 0. The Morgan fingerprint density at radius 3 is 2.38 bits per heavy atom. The van der Waals surface area contributed by atoms with Gasteiger partial charge in [-0.1, -0.05) is 13.3 Å². The molecule has 1 heterocycles. The molecule has 0 aromatic heterocycles. The first-order chi connectivity index (χ1) is 7.83. The molecular formula is C14H19NO. The Balaban J connectivity index is 1.99. The summed E-state index contributed by atoms with van der Waals surface area (Å²) in [6.07, 6.45) is 4.79. The van der Waals surface area contributed by atoms with Crippen molar-refractivity contribution < 1.29 is 4.79 Å². The van der Waals surface area contributed by atoms with E-state index in [0.29, 0.717) is 0 Å². The fraction of sp³-hybridized carbons (Fsp3) is 0.500. The van der Waals surface area contributed by atoms with Gasteiger partial charge in [-0.05, 0) is 43.0 Å². The highest BCUT2D eigenvalue weighted by Gasteiger charge is 2.17. The minimum Gasteiger partial charge on any atom is -0.372 e. The summed E-state index contributed by atoms with van der Waals surface area (Å²) in [5.74, 6) is 0.908. The van der Waals surface area contributed by atoms with Gasteiger partial charge in [0.2, 0.25) is 0 Å². The smallest absolute Gasteiger partial charge is 0.150 e. The number of carbonyl (C=O) groups is 1. The maximum absolute atomic E-state index is 10.6. The zero-order valence-electron chi connectivity index (χ0n) is 9.86. The summed E-state index contributed by atoms with van der Waals surface area (Å²) in [6, 6.07) is 7.90. The Hall–Kier alpha value is -1.31. The molecule has 0 unspecified atom stereocenters. The number of benzene rings is 1. The van der Waals surface area contributed by atoms with Crippen molar-refractivity contribution in [3.05, 3.63) is 29.8 Å². The highest BCUT2D eigenvalue weighted by Crippen LogP contribution is 2.24. The lowest BCUT2D eigenvalue weighted by Crippen LogP contribution is -2.33. The van der Waals surface area contributed by atoms with Gasteiger partial charge in [0.05, 0.1) is 0 Å². The van der Waals surface area contributed by atoms with Crippen LogP contribution in [0.5, 0.6) is 0 Å². The first kappa shape index (κ1) is 11.2. The molecule has 2 nitrogen and oxygen atoms in total. The van der Waals surface area contributed by atoms with Crippen LogP contribution in [0.4, 0.5) is 5.69 Å². The molecule has 0 saturated carbocycles. The van der Waals surface area contributed by atoms with Crippen molar-refractivity contribution in [2.24, 2.45) is 5.92 Å². The van der Waals surface area contributed by atoms with Crippen LogP contribution in [0, 0.1) is 5.92 Å². The van der Waals surface area contributed by atoms with Crippen molar-refractivity contribution in [2.75, 3.05) is 18.0 Å². The fourth-order valence-electron chi connectivity index (χ4n) is 2.36. The molecule has 1 saturated heterocycles. The van der Waals surface area contributed by atoms with E-state index >= 15 is 0 Å². The van der Waals surface area contributed by atoms with Gasteiger partial charge in [-0.15, -0.1) is 0 Å². The van der Waals surface area contributed by atoms with Crippen molar-refractivity contribution in [1.82, 2.24) is 0 Å². The summed E-state index contributed by atoms with van der Waals surface area (Å²) in [7, 11) is 0. The Morgan fingerprint density at radius 1 is 1.25 bits per heavy atom. The molecule has 1 aromatic rings. The van der Waals surface area contributed by atoms with Crippen LogP contribution in [-0.4, -0.2) is 19.4 Å².